The number of hydrogen-bond donors (Lipinski definition) is 1. The number of carbonyl (C=O) groups is 2. The van der Waals surface area contributed by atoms with E-state index in [0.29, 0.717) is 4.90 Å². The Morgan fingerprint density at radius 3 is 2.20 bits per heavy atom. The molecule has 0 aromatic carbocycles. The average Bonchev–Trinajstić information content (AvgIpc) is 2.45. The fourth-order valence-electron chi connectivity index (χ4n) is 1.67. The van der Waals surface area contributed by atoms with Gasteiger partial charge in [-0.15, -0.1) is 0 Å². The number of amides is 1. The van der Waals surface area contributed by atoms with Crippen LogP contribution in [-0.4, -0.2) is 40.6 Å². The Morgan fingerprint density at radius 2 is 1.93 bits per heavy atom. The van der Waals surface area contributed by atoms with Gasteiger partial charge < -0.3 is 10.0 Å². The van der Waals surface area contributed by atoms with Crippen molar-refractivity contribution in [1.29, 1.82) is 0 Å². The minimum absolute atomic E-state index is 0.366. The van der Waals surface area contributed by atoms with Gasteiger partial charge in [0.2, 0.25) is 5.91 Å². The molecule has 2 unspecified atom stereocenters. The van der Waals surface area contributed by atoms with Gasteiger partial charge in [0, 0.05) is 13.5 Å². The van der Waals surface area contributed by atoms with Crippen molar-refractivity contribution in [3.63, 3.8) is 0 Å². The highest BCUT2D eigenvalue weighted by Crippen LogP contribution is 2.35. The second kappa shape index (κ2) is 3.71. The number of hydrogen-bond acceptors (Lipinski definition) is 2. The lowest BCUT2D eigenvalue weighted by Gasteiger charge is -2.24. The molecule has 0 aromatic heterocycles. The average molecular weight is 225 g/mol. The number of halogens is 3. The smallest absolute Gasteiger partial charge is 0.408 e. The standard InChI is InChI=1S/C8H10F3NO3/c1-4(13)12-3-5(7(14)15)2-6(12)8(9,10)11/h5-6H,2-3H2,1H3,(H,14,15). The normalized spacial score (nSPS) is 26.8. The van der Waals surface area contributed by atoms with E-state index in [1.807, 2.05) is 0 Å². The quantitative estimate of drug-likeness (QED) is 0.720. The van der Waals surface area contributed by atoms with Crippen molar-refractivity contribution < 1.29 is 27.9 Å². The summed E-state index contributed by atoms with van der Waals surface area (Å²) in [5.74, 6) is -3.17. The van der Waals surface area contributed by atoms with Crippen molar-refractivity contribution >= 4 is 11.9 Å². The Kier molecular flexibility index (Phi) is 2.92. The van der Waals surface area contributed by atoms with Crippen LogP contribution in [0.2, 0.25) is 0 Å². The monoisotopic (exact) mass is 225 g/mol. The van der Waals surface area contributed by atoms with E-state index in [2.05, 4.69) is 0 Å². The third kappa shape index (κ3) is 2.40. The van der Waals surface area contributed by atoms with Crippen LogP contribution in [0.25, 0.3) is 0 Å². The minimum Gasteiger partial charge on any atom is -0.481 e. The summed E-state index contributed by atoms with van der Waals surface area (Å²) in [4.78, 5) is 22.0. The maximum absolute atomic E-state index is 12.4. The molecule has 0 aliphatic carbocycles. The number of carboxylic acid groups (broad SMARTS) is 1. The molecule has 1 rings (SSSR count). The first-order chi connectivity index (χ1) is 6.73. The summed E-state index contributed by atoms with van der Waals surface area (Å²) in [6, 6.07) is -1.96. The fourth-order valence-corrected chi connectivity index (χ4v) is 1.67. The number of alkyl halides is 3. The predicted molar refractivity (Wildman–Crippen MR) is 43.0 cm³/mol. The van der Waals surface area contributed by atoms with Gasteiger partial charge in [-0.1, -0.05) is 0 Å². The molecule has 86 valence electrons. The first kappa shape index (κ1) is 11.8. The summed E-state index contributed by atoms with van der Waals surface area (Å²) in [6.07, 6.45) is -5.12. The van der Waals surface area contributed by atoms with Crippen LogP contribution in [-0.2, 0) is 9.59 Å². The van der Waals surface area contributed by atoms with E-state index >= 15 is 0 Å². The first-order valence-electron chi connectivity index (χ1n) is 4.30. The van der Waals surface area contributed by atoms with Crippen molar-refractivity contribution in [2.24, 2.45) is 5.92 Å². The highest BCUT2D eigenvalue weighted by atomic mass is 19.4. The molecule has 0 radical (unpaired) electrons. The Balaban J connectivity index is 2.86. The summed E-state index contributed by atoms with van der Waals surface area (Å²) < 4.78 is 37.3. The lowest BCUT2D eigenvalue weighted by molar-refractivity contribution is -0.181. The fraction of sp³-hybridized carbons (Fsp3) is 0.750. The second-order valence-corrected chi connectivity index (χ2v) is 3.50. The maximum atomic E-state index is 12.4. The molecular weight excluding hydrogens is 215 g/mol. The Hall–Kier alpha value is -1.27. The number of aliphatic carboxylic acids is 1. The van der Waals surface area contributed by atoms with Gasteiger partial charge >= 0.3 is 12.1 Å². The molecule has 2 atom stereocenters. The molecule has 1 aliphatic rings. The molecule has 0 saturated carbocycles. The largest absolute Gasteiger partial charge is 0.481 e. The van der Waals surface area contributed by atoms with Crippen LogP contribution in [0.5, 0.6) is 0 Å². The summed E-state index contributed by atoms with van der Waals surface area (Å²) in [6.45, 7) is 0.637. The molecule has 1 heterocycles. The van der Waals surface area contributed by atoms with Gasteiger partial charge in [0.15, 0.2) is 0 Å². The molecule has 0 bridgehead atoms. The van der Waals surface area contributed by atoms with Crippen molar-refractivity contribution in [3.05, 3.63) is 0 Å². The second-order valence-electron chi connectivity index (χ2n) is 3.50. The van der Waals surface area contributed by atoms with E-state index in [0.717, 1.165) is 6.92 Å². The third-order valence-electron chi connectivity index (χ3n) is 2.43. The molecule has 1 amide bonds. The van der Waals surface area contributed by atoms with Crippen LogP contribution in [0, 0.1) is 5.92 Å². The van der Waals surface area contributed by atoms with E-state index in [-0.39, 0.29) is 6.54 Å². The van der Waals surface area contributed by atoms with Crippen molar-refractivity contribution in [2.75, 3.05) is 6.54 Å². The van der Waals surface area contributed by atoms with Gasteiger partial charge in [0.1, 0.15) is 6.04 Å². The number of rotatable bonds is 1. The van der Waals surface area contributed by atoms with Gasteiger partial charge in [-0.05, 0) is 6.42 Å². The molecule has 1 N–H and O–H groups in total. The lowest BCUT2D eigenvalue weighted by Crippen LogP contribution is -2.43. The predicted octanol–water partition coefficient (Wildman–Crippen LogP) is 0.870. The minimum atomic E-state index is -4.56. The summed E-state index contributed by atoms with van der Waals surface area (Å²) >= 11 is 0. The first-order valence-corrected chi connectivity index (χ1v) is 4.30. The van der Waals surface area contributed by atoms with E-state index in [1.54, 1.807) is 0 Å². The molecule has 1 aliphatic heterocycles. The van der Waals surface area contributed by atoms with Gasteiger partial charge in [0.05, 0.1) is 5.92 Å². The Morgan fingerprint density at radius 1 is 1.40 bits per heavy atom. The number of nitrogens with zero attached hydrogens (tertiary/aromatic N) is 1. The van der Waals surface area contributed by atoms with Crippen LogP contribution >= 0.6 is 0 Å². The van der Waals surface area contributed by atoms with Crippen LogP contribution in [0.1, 0.15) is 13.3 Å². The topological polar surface area (TPSA) is 57.6 Å². The van der Waals surface area contributed by atoms with Gasteiger partial charge in [0.25, 0.3) is 0 Å². The number of carbonyl (C=O) groups excluding carboxylic acids is 1. The van der Waals surface area contributed by atoms with Crippen LogP contribution < -0.4 is 0 Å². The lowest BCUT2D eigenvalue weighted by atomic mass is 10.1. The molecule has 1 fully saturated rings. The Bertz CT molecular complexity index is 289. The van der Waals surface area contributed by atoms with Gasteiger partial charge in [-0.25, -0.2) is 0 Å². The summed E-state index contributed by atoms with van der Waals surface area (Å²) in [7, 11) is 0. The van der Waals surface area contributed by atoms with Crippen molar-refractivity contribution in [2.45, 2.75) is 25.6 Å². The summed E-state index contributed by atoms with van der Waals surface area (Å²) in [5.41, 5.74) is 0. The molecule has 0 spiro atoms. The molecular formula is C8H10F3NO3. The molecule has 1 saturated heterocycles. The number of likely N-dealkylation sites (tertiary alicyclic amines) is 1. The van der Waals surface area contributed by atoms with Gasteiger partial charge in [-0.3, -0.25) is 9.59 Å². The highest BCUT2D eigenvalue weighted by molar-refractivity contribution is 5.77. The maximum Gasteiger partial charge on any atom is 0.408 e. The van der Waals surface area contributed by atoms with Crippen molar-refractivity contribution in [3.8, 4) is 0 Å². The van der Waals surface area contributed by atoms with Crippen LogP contribution in [0.15, 0.2) is 0 Å². The van der Waals surface area contributed by atoms with Crippen LogP contribution in [0.4, 0.5) is 13.2 Å². The molecule has 4 nitrogen and oxygen atoms in total. The van der Waals surface area contributed by atoms with Crippen LogP contribution in [0.3, 0.4) is 0 Å². The van der Waals surface area contributed by atoms with E-state index in [1.165, 1.54) is 0 Å². The SMILES string of the molecule is CC(=O)N1CC(C(=O)O)CC1C(F)(F)F. The zero-order valence-corrected chi connectivity index (χ0v) is 7.91. The highest BCUT2D eigenvalue weighted by Gasteiger charge is 2.51. The molecule has 7 heteroatoms. The van der Waals surface area contributed by atoms with E-state index < -0.39 is 36.4 Å². The zero-order valence-electron chi connectivity index (χ0n) is 7.91. The Labute approximate surface area is 83.7 Å². The third-order valence-corrected chi connectivity index (χ3v) is 2.43. The van der Waals surface area contributed by atoms with Crippen molar-refractivity contribution in [1.82, 2.24) is 4.90 Å². The zero-order chi connectivity index (χ0) is 11.8. The molecule has 0 aromatic rings. The van der Waals surface area contributed by atoms with E-state index in [4.69, 9.17) is 5.11 Å². The molecule has 15 heavy (non-hydrogen) atoms. The summed E-state index contributed by atoms with van der Waals surface area (Å²) in [5, 5.41) is 8.59. The van der Waals surface area contributed by atoms with Gasteiger partial charge in [-0.2, -0.15) is 13.2 Å². The van der Waals surface area contributed by atoms with E-state index in [9.17, 15) is 22.8 Å². The number of carboxylic acids is 1.